The molecular formula is C8H9O4-. The van der Waals surface area contributed by atoms with Crippen LogP contribution in [0.1, 0.15) is 13.8 Å². The average Bonchev–Trinajstić information content (AvgIpc) is 1.98. The average molecular weight is 169 g/mol. The highest BCUT2D eigenvalue weighted by molar-refractivity contribution is 5.93. The molecule has 0 rings (SSSR count). The maximum Gasteiger partial charge on any atom is 0.320 e. The maximum atomic E-state index is 10.6. The second-order valence-corrected chi connectivity index (χ2v) is 2.24. The first kappa shape index (κ1) is 10.4. The third-order valence-corrected chi connectivity index (χ3v) is 1.25. The Kier molecular flexibility index (Phi) is 3.76. The number of allylic oxidation sites excluding steroid dienone is 3. The van der Waals surface area contributed by atoms with Crippen molar-refractivity contribution in [3.63, 3.8) is 0 Å². The molecule has 0 radical (unpaired) electrons. The zero-order valence-electron chi connectivity index (χ0n) is 6.83. The third-order valence-electron chi connectivity index (χ3n) is 1.25. The van der Waals surface area contributed by atoms with Gasteiger partial charge in [0.1, 0.15) is 0 Å². The van der Waals surface area contributed by atoms with Crippen LogP contribution in [0.3, 0.4) is 0 Å². The lowest BCUT2D eigenvalue weighted by Gasteiger charge is -2.02. The van der Waals surface area contributed by atoms with Crippen molar-refractivity contribution in [2.24, 2.45) is 0 Å². The molecule has 0 aromatic heterocycles. The SMILES string of the molecule is CC(=O)/C(C)=C\C=C(\[O-])C(=O)O. The van der Waals surface area contributed by atoms with Crippen LogP contribution in [0.15, 0.2) is 23.5 Å². The molecule has 0 atom stereocenters. The molecule has 0 aromatic rings. The lowest BCUT2D eigenvalue weighted by Crippen LogP contribution is -2.13. The van der Waals surface area contributed by atoms with Gasteiger partial charge in [-0.1, -0.05) is 12.2 Å². The molecular weight excluding hydrogens is 160 g/mol. The predicted octanol–water partition coefficient (Wildman–Crippen LogP) is -0.150. The summed E-state index contributed by atoms with van der Waals surface area (Å²) in [5.74, 6) is -2.75. The molecule has 0 bridgehead atoms. The van der Waals surface area contributed by atoms with E-state index >= 15 is 0 Å². The Morgan fingerprint density at radius 2 is 1.75 bits per heavy atom. The van der Waals surface area contributed by atoms with Crippen molar-refractivity contribution in [3.05, 3.63) is 23.5 Å². The third kappa shape index (κ3) is 3.55. The van der Waals surface area contributed by atoms with E-state index in [9.17, 15) is 14.7 Å². The van der Waals surface area contributed by atoms with Gasteiger partial charge in [-0.25, -0.2) is 4.79 Å². The fraction of sp³-hybridized carbons (Fsp3) is 0.250. The molecule has 1 N–H and O–H groups in total. The molecule has 0 spiro atoms. The first-order valence-corrected chi connectivity index (χ1v) is 3.25. The monoisotopic (exact) mass is 169 g/mol. The lowest BCUT2D eigenvalue weighted by molar-refractivity contribution is -0.302. The molecule has 0 heterocycles. The van der Waals surface area contributed by atoms with Crippen LogP contribution in [0.4, 0.5) is 0 Å². The zero-order chi connectivity index (χ0) is 9.72. The minimum absolute atomic E-state index is 0.190. The van der Waals surface area contributed by atoms with E-state index < -0.39 is 11.7 Å². The van der Waals surface area contributed by atoms with Gasteiger partial charge >= 0.3 is 5.97 Å². The van der Waals surface area contributed by atoms with Crippen molar-refractivity contribution in [1.29, 1.82) is 0 Å². The van der Waals surface area contributed by atoms with Gasteiger partial charge in [-0.15, -0.1) is 0 Å². The van der Waals surface area contributed by atoms with Crippen LogP contribution in [0.2, 0.25) is 0 Å². The van der Waals surface area contributed by atoms with Crippen molar-refractivity contribution >= 4 is 11.8 Å². The fourth-order valence-electron chi connectivity index (χ4n) is 0.389. The maximum absolute atomic E-state index is 10.6. The fourth-order valence-corrected chi connectivity index (χ4v) is 0.389. The van der Waals surface area contributed by atoms with Crippen molar-refractivity contribution in [3.8, 4) is 0 Å². The van der Waals surface area contributed by atoms with Crippen LogP contribution >= 0.6 is 0 Å². The number of carbonyl (C=O) groups is 2. The van der Waals surface area contributed by atoms with Gasteiger partial charge in [0.05, 0.1) is 0 Å². The predicted molar refractivity (Wildman–Crippen MR) is 40.2 cm³/mol. The summed E-state index contributed by atoms with van der Waals surface area (Å²) in [5, 5.41) is 18.6. The number of hydrogen-bond donors (Lipinski definition) is 1. The second-order valence-electron chi connectivity index (χ2n) is 2.24. The highest BCUT2D eigenvalue weighted by atomic mass is 16.4. The van der Waals surface area contributed by atoms with Crippen molar-refractivity contribution in [2.45, 2.75) is 13.8 Å². The molecule has 0 fully saturated rings. The number of aliphatic carboxylic acids is 1. The zero-order valence-corrected chi connectivity index (χ0v) is 6.83. The van der Waals surface area contributed by atoms with Gasteiger partial charge in [-0.3, -0.25) is 4.79 Å². The van der Waals surface area contributed by atoms with Crippen LogP contribution in [-0.4, -0.2) is 16.9 Å². The molecule has 0 unspecified atom stereocenters. The van der Waals surface area contributed by atoms with Crippen molar-refractivity contribution in [2.75, 3.05) is 0 Å². The Balaban J connectivity index is 4.48. The number of ketones is 1. The Morgan fingerprint density at radius 3 is 2.08 bits per heavy atom. The summed E-state index contributed by atoms with van der Waals surface area (Å²) in [5.41, 5.74) is 0.351. The summed E-state index contributed by atoms with van der Waals surface area (Å²) in [4.78, 5) is 20.6. The van der Waals surface area contributed by atoms with E-state index in [1.165, 1.54) is 19.9 Å². The highest BCUT2D eigenvalue weighted by Gasteiger charge is 1.94. The van der Waals surface area contributed by atoms with Gasteiger partial charge in [0.15, 0.2) is 5.78 Å². The van der Waals surface area contributed by atoms with E-state index in [4.69, 9.17) is 5.11 Å². The summed E-state index contributed by atoms with van der Waals surface area (Å²) in [6.07, 6.45) is 2.05. The largest absolute Gasteiger partial charge is 0.868 e. The summed E-state index contributed by atoms with van der Waals surface area (Å²) in [6, 6.07) is 0. The molecule has 0 aromatic carbocycles. The lowest BCUT2D eigenvalue weighted by atomic mass is 10.2. The Morgan fingerprint density at radius 1 is 1.25 bits per heavy atom. The van der Waals surface area contributed by atoms with E-state index in [2.05, 4.69) is 0 Å². The molecule has 66 valence electrons. The minimum Gasteiger partial charge on any atom is -0.868 e. The topological polar surface area (TPSA) is 77.4 Å². The van der Waals surface area contributed by atoms with E-state index in [0.717, 1.165) is 6.08 Å². The smallest absolute Gasteiger partial charge is 0.320 e. The first-order valence-electron chi connectivity index (χ1n) is 3.25. The van der Waals surface area contributed by atoms with Crippen molar-refractivity contribution in [1.82, 2.24) is 0 Å². The molecule has 0 amide bonds. The molecule has 0 aliphatic carbocycles. The Bertz CT molecular complexity index is 232. The minimum atomic E-state index is -1.53. The van der Waals surface area contributed by atoms with Gasteiger partial charge in [0.25, 0.3) is 0 Å². The van der Waals surface area contributed by atoms with Crippen LogP contribution in [0.5, 0.6) is 0 Å². The molecule has 0 saturated heterocycles. The molecule has 12 heavy (non-hydrogen) atoms. The van der Waals surface area contributed by atoms with Crippen LogP contribution in [0.25, 0.3) is 0 Å². The van der Waals surface area contributed by atoms with E-state index in [1.807, 2.05) is 0 Å². The first-order chi connectivity index (χ1) is 5.45. The van der Waals surface area contributed by atoms with Gasteiger partial charge < -0.3 is 10.2 Å². The number of Topliss-reactive ketones (excluding diaryl/α,β-unsaturated/α-hetero) is 1. The number of carboxylic acid groups (broad SMARTS) is 1. The summed E-state index contributed by atoms with van der Waals surface area (Å²) in [7, 11) is 0. The highest BCUT2D eigenvalue weighted by Crippen LogP contribution is 1.95. The molecule has 4 nitrogen and oxygen atoms in total. The number of carboxylic acids is 1. The molecule has 0 saturated carbocycles. The number of rotatable bonds is 3. The van der Waals surface area contributed by atoms with E-state index in [-0.39, 0.29) is 5.78 Å². The van der Waals surface area contributed by atoms with Crippen LogP contribution in [-0.2, 0) is 9.59 Å². The Hall–Kier alpha value is -1.58. The molecule has 4 heteroatoms. The summed E-state index contributed by atoms with van der Waals surface area (Å²) in [6.45, 7) is 2.85. The van der Waals surface area contributed by atoms with E-state index in [0.29, 0.717) is 5.57 Å². The van der Waals surface area contributed by atoms with Crippen LogP contribution in [0, 0.1) is 0 Å². The summed E-state index contributed by atoms with van der Waals surface area (Å²) < 4.78 is 0. The number of carbonyl (C=O) groups excluding carboxylic acids is 1. The Labute approximate surface area is 69.8 Å². The molecule has 0 aliphatic rings. The van der Waals surface area contributed by atoms with Gasteiger partial charge in [-0.2, -0.15) is 0 Å². The molecule has 0 aliphatic heterocycles. The van der Waals surface area contributed by atoms with Crippen LogP contribution < -0.4 is 5.11 Å². The second kappa shape index (κ2) is 4.33. The van der Waals surface area contributed by atoms with Gasteiger partial charge in [0, 0.05) is 0 Å². The van der Waals surface area contributed by atoms with Gasteiger partial charge in [-0.05, 0) is 25.2 Å². The summed E-state index contributed by atoms with van der Waals surface area (Å²) >= 11 is 0. The quantitative estimate of drug-likeness (QED) is 0.362. The van der Waals surface area contributed by atoms with Gasteiger partial charge in [0.2, 0.25) is 0 Å². The number of hydrogen-bond acceptors (Lipinski definition) is 3. The normalized spacial score (nSPS) is 12.8. The standard InChI is InChI=1S/C8H10O4/c1-5(6(2)9)3-4-7(10)8(11)12/h3-4,10H,1-2H3,(H,11,12)/p-1/b5-3-,7-4+. The van der Waals surface area contributed by atoms with Crippen molar-refractivity contribution < 1.29 is 19.8 Å². The van der Waals surface area contributed by atoms with E-state index in [1.54, 1.807) is 0 Å².